The van der Waals surface area contributed by atoms with E-state index in [1.165, 1.54) is 0 Å². The van der Waals surface area contributed by atoms with Crippen molar-refractivity contribution in [1.82, 2.24) is 0 Å². The van der Waals surface area contributed by atoms with Crippen LogP contribution in [-0.4, -0.2) is 23.5 Å². The molecule has 2 heterocycles. The highest BCUT2D eigenvalue weighted by Crippen LogP contribution is 2.45. The SMILES string of the molecule is O=C(O)CCN1C(=O)CC(c2ccco2)Sc2ccccc21. The van der Waals surface area contributed by atoms with Crippen LogP contribution in [0.5, 0.6) is 0 Å². The molecule has 1 amide bonds. The van der Waals surface area contributed by atoms with Gasteiger partial charge in [0.2, 0.25) is 5.91 Å². The first-order chi connectivity index (χ1) is 10.6. The molecule has 22 heavy (non-hydrogen) atoms. The van der Waals surface area contributed by atoms with Gasteiger partial charge < -0.3 is 14.4 Å². The quantitative estimate of drug-likeness (QED) is 0.936. The maximum atomic E-state index is 12.6. The van der Waals surface area contributed by atoms with E-state index in [1.807, 2.05) is 30.3 Å². The van der Waals surface area contributed by atoms with Crippen LogP contribution in [0.25, 0.3) is 0 Å². The van der Waals surface area contributed by atoms with Crippen molar-refractivity contribution in [3.8, 4) is 0 Å². The minimum absolute atomic E-state index is 0.0733. The van der Waals surface area contributed by atoms with Crippen LogP contribution < -0.4 is 4.90 Å². The summed E-state index contributed by atoms with van der Waals surface area (Å²) in [4.78, 5) is 25.9. The maximum Gasteiger partial charge on any atom is 0.305 e. The molecule has 0 fully saturated rings. The van der Waals surface area contributed by atoms with E-state index in [0.29, 0.717) is 0 Å². The minimum atomic E-state index is -0.912. The summed E-state index contributed by atoms with van der Waals surface area (Å²) < 4.78 is 5.44. The number of carbonyl (C=O) groups excluding carboxylic acids is 1. The highest BCUT2D eigenvalue weighted by atomic mass is 32.2. The standard InChI is InChI=1S/C16H15NO4S/c18-15-10-14(12-5-3-9-21-12)22-13-6-2-1-4-11(13)17(15)8-7-16(19)20/h1-6,9,14H,7-8,10H2,(H,19,20). The Balaban J connectivity index is 1.94. The first-order valence-corrected chi connectivity index (χ1v) is 7.84. The molecular formula is C16H15NO4S. The molecule has 0 spiro atoms. The monoisotopic (exact) mass is 317 g/mol. The fourth-order valence-corrected chi connectivity index (χ4v) is 3.70. The molecule has 1 aromatic carbocycles. The number of furan rings is 1. The number of hydrogen-bond acceptors (Lipinski definition) is 4. The predicted molar refractivity (Wildman–Crippen MR) is 83.0 cm³/mol. The van der Waals surface area contributed by atoms with E-state index in [9.17, 15) is 9.59 Å². The van der Waals surface area contributed by atoms with Gasteiger partial charge in [-0.1, -0.05) is 12.1 Å². The largest absolute Gasteiger partial charge is 0.481 e. The van der Waals surface area contributed by atoms with Gasteiger partial charge in [0.15, 0.2) is 0 Å². The molecule has 1 aromatic heterocycles. The van der Waals surface area contributed by atoms with Crippen LogP contribution >= 0.6 is 11.8 Å². The highest BCUT2D eigenvalue weighted by Gasteiger charge is 2.30. The third kappa shape index (κ3) is 3.01. The number of thioether (sulfide) groups is 1. The zero-order valence-electron chi connectivity index (χ0n) is 11.8. The van der Waals surface area contributed by atoms with Gasteiger partial charge in [-0.15, -0.1) is 11.8 Å². The van der Waals surface area contributed by atoms with Crippen molar-refractivity contribution < 1.29 is 19.1 Å². The number of benzene rings is 1. The Bertz CT molecular complexity index is 683. The van der Waals surface area contributed by atoms with Crippen molar-refractivity contribution in [1.29, 1.82) is 0 Å². The number of para-hydroxylation sites is 1. The Kier molecular flexibility index (Phi) is 4.20. The molecule has 0 saturated carbocycles. The van der Waals surface area contributed by atoms with Gasteiger partial charge in [-0.05, 0) is 24.3 Å². The summed E-state index contributed by atoms with van der Waals surface area (Å²) in [6.45, 7) is 0.177. The molecule has 6 heteroatoms. The fourth-order valence-electron chi connectivity index (χ4n) is 2.46. The second kappa shape index (κ2) is 6.27. The summed E-state index contributed by atoms with van der Waals surface area (Å²) in [7, 11) is 0. The van der Waals surface area contributed by atoms with Gasteiger partial charge in [0, 0.05) is 17.9 Å². The van der Waals surface area contributed by atoms with E-state index in [4.69, 9.17) is 9.52 Å². The van der Waals surface area contributed by atoms with Gasteiger partial charge >= 0.3 is 5.97 Å². The molecule has 1 aliphatic heterocycles. The van der Waals surface area contributed by atoms with E-state index < -0.39 is 5.97 Å². The number of carbonyl (C=O) groups is 2. The average Bonchev–Trinajstić information content (AvgIpc) is 2.97. The lowest BCUT2D eigenvalue weighted by Gasteiger charge is -2.21. The molecule has 0 aliphatic carbocycles. The lowest BCUT2D eigenvalue weighted by Crippen LogP contribution is -2.32. The number of hydrogen-bond donors (Lipinski definition) is 1. The Morgan fingerprint density at radius 3 is 2.86 bits per heavy atom. The summed E-state index contributed by atoms with van der Waals surface area (Å²) in [5.74, 6) is -0.238. The van der Waals surface area contributed by atoms with Crippen molar-refractivity contribution >= 4 is 29.3 Å². The van der Waals surface area contributed by atoms with Crippen LogP contribution in [0.1, 0.15) is 23.9 Å². The van der Waals surface area contributed by atoms with Gasteiger partial charge in [0.1, 0.15) is 5.76 Å². The molecule has 5 nitrogen and oxygen atoms in total. The van der Waals surface area contributed by atoms with Crippen molar-refractivity contribution in [2.24, 2.45) is 0 Å². The average molecular weight is 317 g/mol. The molecule has 1 atom stereocenters. The third-order valence-corrected chi connectivity index (χ3v) is 4.78. The molecule has 2 aromatic rings. The van der Waals surface area contributed by atoms with E-state index in [0.717, 1.165) is 16.3 Å². The maximum absolute atomic E-state index is 12.6. The summed E-state index contributed by atoms with van der Waals surface area (Å²) in [5.41, 5.74) is 0.771. The molecular weight excluding hydrogens is 302 g/mol. The Morgan fingerprint density at radius 1 is 1.32 bits per heavy atom. The number of anilines is 1. The van der Waals surface area contributed by atoms with Crippen LogP contribution in [0.4, 0.5) is 5.69 Å². The number of carboxylic acids is 1. The third-order valence-electron chi connectivity index (χ3n) is 3.50. The van der Waals surface area contributed by atoms with Gasteiger partial charge in [-0.25, -0.2) is 0 Å². The van der Waals surface area contributed by atoms with Crippen molar-refractivity contribution in [2.75, 3.05) is 11.4 Å². The van der Waals surface area contributed by atoms with E-state index in [2.05, 4.69) is 0 Å². The number of fused-ring (bicyclic) bond motifs is 1. The van der Waals surface area contributed by atoms with Gasteiger partial charge in [0.25, 0.3) is 0 Å². The molecule has 114 valence electrons. The van der Waals surface area contributed by atoms with E-state index in [-0.39, 0.29) is 30.5 Å². The lowest BCUT2D eigenvalue weighted by molar-refractivity contribution is -0.136. The topological polar surface area (TPSA) is 70.8 Å². The molecule has 0 bridgehead atoms. The Morgan fingerprint density at radius 2 is 2.14 bits per heavy atom. The molecule has 1 aliphatic rings. The number of rotatable bonds is 4. The number of nitrogens with zero attached hydrogens (tertiary/aromatic N) is 1. The first-order valence-electron chi connectivity index (χ1n) is 6.96. The normalized spacial score (nSPS) is 17.9. The summed E-state index contributed by atoms with van der Waals surface area (Å²) in [6, 6.07) is 11.2. The number of aliphatic carboxylic acids is 1. The fraction of sp³-hybridized carbons (Fsp3) is 0.250. The molecule has 0 saturated heterocycles. The van der Waals surface area contributed by atoms with Crippen LogP contribution in [-0.2, 0) is 9.59 Å². The van der Waals surface area contributed by atoms with Crippen molar-refractivity contribution in [3.63, 3.8) is 0 Å². The van der Waals surface area contributed by atoms with Crippen LogP contribution in [0.2, 0.25) is 0 Å². The summed E-state index contributed by atoms with van der Waals surface area (Å²) in [6.07, 6.45) is 1.81. The van der Waals surface area contributed by atoms with Crippen molar-refractivity contribution in [2.45, 2.75) is 23.0 Å². The zero-order chi connectivity index (χ0) is 15.5. The summed E-state index contributed by atoms with van der Waals surface area (Å²) in [5, 5.41) is 8.79. The van der Waals surface area contributed by atoms with Crippen LogP contribution in [0.15, 0.2) is 52.0 Å². The number of carboxylic acid groups (broad SMARTS) is 1. The first kappa shape index (κ1) is 14.7. The van der Waals surface area contributed by atoms with Crippen LogP contribution in [0, 0.1) is 0 Å². The minimum Gasteiger partial charge on any atom is -0.481 e. The van der Waals surface area contributed by atoms with E-state index in [1.54, 1.807) is 29.0 Å². The summed E-state index contributed by atoms with van der Waals surface area (Å²) >= 11 is 1.57. The van der Waals surface area contributed by atoms with Gasteiger partial charge in [-0.2, -0.15) is 0 Å². The smallest absolute Gasteiger partial charge is 0.305 e. The molecule has 0 radical (unpaired) electrons. The second-order valence-electron chi connectivity index (χ2n) is 4.98. The zero-order valence-corrected chi connectivity index (χ0v) is 12.6. The Hall–Kier alpha value is -2.21. The van der Waals surface area contributed by atoms with E-state index >= 15 is 0 Å². The van der Waals surface area contributed by atoms with Gasteiger partial charge in [-0.3, -0.25) is 9.59 Å². The van der Waals surface area contributed by atoms with Gasteiger partial charge in [0.05, 0.1) is 23.6 Å². The second-order valence-corrected chi connectivity index (χ2v) is 6.23. The predicted octanol–water partition coefficient (Wildman–Crippen LogP) is 3.32. The highest BCUT2D eigenvalue weighted by molar-refractivity contribution is 7.99. The Labute approximate surface area is 131 Å². The lowest BCUT2D eigenvalue weighted by atomic mass is 10.2. The number of amides is 1. The van der Waals surface area contributed by atoms with Crippen LogP contribution in [0.3, 0.4) is 0 Å². The molecule has 3 rings (SSSR count). The van der Waals surface area contributed by atoms with Crippen molar-refractivity contribution in [3.05, 3.63) is 48.4 Å². The molecule has 1 N–H and O–H groups in total. The molecule has 1 unspecified atom stereocenters.